The van der Waals surface area contributed by atoms with Gasteiger partial charge in [-0.05, 0) is 59.7 Å². The van der Waals surface area contributed by atoms with E-state index < -0.39 is 0 Å². The maximum Gasteiger partial charge on any atom is 0.0614 e. The van der Waals surface area contributed by atoms with Gasteiger partial charge >= 0.3 is 0 Å². The van der Waals surface area contributed by atoms with E-state index >= 15 is 0 Å². The first-order valence-corrected chi connectivity index (χ1v) is 8.28. The van der Waals surface area contributed by atoms with Gasteiger partial charge in [-0.3, -0.25) is 4.90 Å². The Hall–Kier alpha value is -0.160. The first-order chi connectivity index (χ1) is 9.49. The summed E-state index contributed by atoms with van der Waals surface area (Å²) in [6.45, 7) is 7.09. The fraction of sp³-hybridized carbons (Fsp3) is 1.00. The molecule has 0 radical (unpaired) electrons. The Kier molecular flexibility index (Phi) is 5.46. The number of aliphatic hydroxyl groups is 1. The second kappa shape index (κ2) is 6.73. The molecule has 118 valence electrons. The minimum absolute atomic E-state index is 0.00289. The summed E-state index contributed by atoms with van der Waals surface area (Å²) >= 11 is 0. The number of hydrogen-bond donors (Lipinski definition) is 2. The Morgan fingerprint density at radius 1 is 1.30 bits per heavy atom. The van der Waals surface area contributed by atoms with Gasteiger partial charge in [-0.15, -0.1) is 0 Å². The molecule has 2 aliphatic carbocycles. The van der Waals surface area contributed by atoms with Crippen LogP contribution in [0, 0.1) is 0 Å². The van der Waals surface area contributed by atoms with Gasteiger partial charge in [0.05, 0.1) is 6.61 Å². The SMILES string of the molecule is CCN(C(C)CN(C)C)C1CCC(CO)(NC2CC2)C1. The molecule has 2 aliphatic rings. The Bertz CT molecular complexity index is 306. The molecule has 2 rings (SSSR count). The van der Waals surface area contributed by atoms with E-state index in [2.05, 4.69) is 43.1 Å². The maximum absolute atomic E-state index is 9.86. The molecular weight excluding hydrogens is 250 g/mol. The Balaban J connectivity index is 1.94. The maximum atomic E-state index is 9.86. The average Bonchev–Trinajstić information content (AvgIpc) is 3.09. The zero-order valence-electron chi connectivity index (χ0n) is 13.7. The minimum atomic E-state index is -0.00289. The van der Waals surface area contributed by atoms with Crippen LogP contribution < -0.4 is 5.32 Å². The zero-order valence-corrected chi connectivity index (χ0v) is 13.7. The lowest BCUT2D eigenvalue weighted by Gasteiger charge is -2.36. The zero-order chi connectivity index (χ0) is 14.8. The van der Waals surface area contributed by atoms with Crippen molar-refractivity contribution in [2.24, 2.45) is 0 Å². The quantitative estimate of drug-likeness (QED) is 0.704. The van der Waals surface area contributed by atoms with E-state index in [0.717, 1.165) is 25.9 Å². The van der Waals surface area contributed by atoms with Crippen LogP contribution in [0.3, 0.4) is 0 Å². The molecule has 0 aliphatic heterocycles. The molecular formula is C16H33N3O. The molecule has 3 unspecified atom stereocenters. The van der Waals surface area contributed by atoms with Gasteiger partial charge in [0.15, 0.2) is 0 Å². The highest BCUT2D eigenvalue weighted by Gasteiger charge is 2.44. The largest absolute Gasteiger partial charge is 0.394 e. The summed E-state index contributed by atoms with van der Waals surface area (Å²) in [5.74, 6) is 0. The highest BCUT2D eigenvalue weighted by atomic mass is 16.3. The number of nitrogens with one attached hydrogen (secondary N) is 1. The van der Waals surface area contributed by atoms with Gasteiger partial charge in [-0.2, -0.15) is 0 Å². The van der Waals surface area contributed by atoms with Crippen LogP contribution in [-0.4, -0.2) is 72.4 Å². The third kappa shape index (κ3) is 3.94. The first kappa shape index (κ1) is 16.2. The highest BCUT2D eigenvalue weighted by Crippen LogP contribution is 2.36. The normalized spacial score (nSPS) is 32.2. The minimum Gasteiger partial charge on any atom is -0.394 e. The van der Waals surface area contributed by atoms with Crippen molar-refractivity contribution >= 4 is 0 Å². The van der Waals surface area contributed by atoms with E-state index in [4.69, 9.17) is 0 Å². The monoisotopic (exact) mass is 283 g/mol. The summed E-state index contributed by atoms with van der Waals surface area (Å²) in [5.41, 5.74) is -0.00289. The molecule has 2 saturated carbocycles. The number of nitrogens with zero attached hydrogens (tertiary/aromatic N) is 2. The molecule has 0 aromatic heterocycles. The average molecular weight is 283 g/mol. The van der Waals surface area contributed by atoms with E-state index in [1.165, 1.54) is 19.3 Å². The molecule has 0 spiro atoms. The lowest BCUT2D eigenvalue weighted by molar-refractivity contribution is 0.110. The number of likely N-dealkylation sites (N-methyl/N-ethyl adjacent to an activating group) is 2. The van der Waals surface area contributed by atoms with Crippen molar-refractivity contribution in [1.29, 1.82) is 0 Å². The van der Waals surface area contributed by atoms with Gasteiger partial charge in [0, 0.05) is 30.2 Å². The van der Waals surface area contributed by atoms with E-state index in [9.17, 15) is 5.11 Å². The van der Waals surface area contributed by atoms with E-state index in [0.29, 0.717) is 24.7 Å². The lowest BCUT2D eigenvalue weighted by Crippen LogP contribution is -2.50. The summed E-state index contributed by atoms with van der Waals surface area (Å²) in [6.07, 6.45) is 6.02. The van der Waals surface area contributed by atoms with E-state index in [1.54, 1.807) is 0 Å². The number of rotatable bonds is 8. The summed E-state index contributed by atoms with van der Waals surface area (Å²) < 4.78 is 0. The third-order valence-electron chi connectivity index (χ3n) is 5.00. The van der Waals surface area contributed by atoms with Gasteiger partial charge in [-0.1, -0.05) is 6.92 Å². The molecule has 0 amide bonds. The molecule has 4 nitrogen and oxygen atoms in total. The van der Waals surface area contributed by atoms with Crippen molar-refractivity contribution in [3.8, 4) is 0 Å². The van der Waals surface area contributed by atoms with Gasteiger partial charge < -0.3 is 15.3 Å². The molecule has 3 atom stereocenters. The van der Waals surface area contributed by atoms with Crippen LogP contribution in [-0.2, 0) is 0 Å². The fourth-order valence-corrected chi connectivity index (χ4v) is 3.93. The van der Waals surface area contributed by atoms with Crippen LogP contribution in [0.4, 0.5) is 0 Å². The molecule has 0 saturated heterocycles. The summed E-state index contributed by atoms with van der Waals surface area (Å²) in [6, 6.07) is 1.87. The van der Waals surface area contributed by atoms with E-state index in [-0.39, 0.29) is 5.54 Å². The smallest absolute Gasteiger partial charge is 0.0614 e. The Labute approximate surface area is 124 Å². The van der Waals surface area contributed by atoms with E-state index in [1.807, 2.05) is 0 Å². The van der Waals surface area contributed by atoms with Crippen molar-refractivity contribution in [3.63, 3.8) is 0 Å². The first-order valence-electron chi connectivity index (χ1n) is 8.28. The van der Waals surface area contributed by atoms with Crippen LogP contribution in [0.1, 0.15) is 46.0 Å². The van der Waals surface area contributed by atoms with Gasteiger partial charge in [-0.25, -0.2) is 0 Å². The summed E-state index contributed by atoms with van der Waals surface area (Å²) in [5, 5.41) is 13.6. The van der Waals surface area contributed by atoms with Crippen molar-refractivity contribution in [2.75, 3.05) is 33.8 Å². The van der Waals surface area contributed by atoms with Crippen molar-refractivity contribution < 1.29 is 5.11 Å². The highest BCUT2D eigenvalue weighted by molar-refractivity contribution is 5.03. The summed E-state index contributed by atoms with van der Waals surface area (Å²) in [7, 11) is 4.29. The molecule has 0 bridgehead atoms. The molecule has 0 heterocycles. The van der Waals surface area contributed by atoms with Gasteiger partial charge in [0.25, 0.3) is 0 Å². The van der Waals surface area contributed by atoms with Crippen molar-refractivity contribution in [3.05, 3.63) is 0 Å². The molecule has 2 N–H and O–H groups in total. The Morgan fingerprint density at radius 2 is 2.00 bits per heavy atom. The third-order valence-corrected chi connectivity index (χ3v) is 5.00. The Morgan fingerprint density at radius 3 is 2.50 bits per heavy atom. The molecule has 2 fully saturated rings. The van der Waals surface area contributed by atoms with Gasteiger partial charge in [0.1, 0.15) is 0 Å². The van der Waals surface area contributed by atoms with Crippen LogP contribution in [0.25, 0.3) is 0 Å². The van der Waals surface area contributed by atoms with Gasteiger partial charge in [0.2, 0.25) is 0 Å². The number of aliphatic hydroxyl groups excluding tert-OH is 1. The number of hydrogen-bond acceptors (Lipinski definition) is 4. The molecule has 0 aromatic rings. The second-order valence-corrected chi connectivity index (χ2v) is 7.20. The fourth-order valence-electron chi connectivity index (χ4n) is 3.93. The standard InChI is InChI=1S/C16H33N3O/c1-5-19(13(2)11-18(3)4)15-8-9-16(10-15,12-20)17-14-6-7-14/h13-15,17,20H,5-12H2,1-4H3. The molecule has 4 heteroatoms. The van der Waals surface area contributed by atoms with Crippen LogP contribution in [0.15, 0.2) is 0 Å². The predicted molar refractivity (Wildman–Crippen MR) is 84.0 cm³/mol. The second-order valence-electron chi connectivity index (χ2n) is 7.20. The van der Waals surface area contributed by atoms with Crippen LogP contribution in [0.5, 0.6) is 0 Å². The molecule has 20 heavy (non-hydrogen) atoms. The molecule has 0 aromatic carbocycles. The van der Waals surface area contributed by atoms with Crippen LogP contribution in [0.2, 0.25) is 0 Å². The predicted octanol–water partition coefficient (Wildman–Crippen LogP) is 1.29. The van der Waals surface area contributed by atoms with Crippen LogP contribution >= 0.6 is 0 Å². The summed E-state index contributed by atoms with van der Waals surface area (Å²) in [4.78, 5) is 4.90. The van der Waals surface area contributed by atoms with Crippen molar-refractivity contribution in [2.45, 2.75) is 69.6 Å². The topological polar surface area (TPSA) is 38.7 Å². The lowest BCUT2D eigenvalue weighted by atomic mass is 9.97. The van der Waals surface area contributed by atoms with Crippen molar-refractivity contribution in [1.82, 2.24) is 15.1 Å².